The third kappa shape index (κ3) is 9.00. The summed E-state index contributed by atoms with van der Waals surface area (Å²) >= 11 is 0. The molecule has 9 heteroatoms. The predicted octanol–water partition coefficient (Wildman–Crippen LogP) is 5.34. The molecule has 1 amide bonds. The van der Waals surface area contributed by atoms with E-state index >= 15 is 0 Å². The standard InChI is InChI=1S/C34H35N7O2/c1-26(42)39-33-18-27(20-40(22-29-10-2-6-14-35-29)23-30-11-3-7-15-36-30)34(43)28(19-33)21-41(24-31-12-4-8-16-37-31)25-32-13-5-9-17-38-32/h2-19,43H,20-25H2,1H3,(H,39,42). The molecule has 0 spiro atoms. The monoisotopic (exact) mass is 573 g/mol. The van der Waals surface area contributed by atoms with Crippen LogP contribution in [0, 0.1) is 0 Å². The van der Waals surface area contributed by atoms with Crippen LogP contribution in [0.15, 0.2) is 110 Å². The van der Waals surface area contributed by atoms with Crippen molar-refractivity contribution in [3.05, 3.63) is 144 Å². The summed E-state index contributed by atoms with van der Waals surface area (Å²) < 4.78 is 0. The Morgan fingerprint density at radius 3 is 1.23 bits per heavy atom. The number of rotatable bonds is 13. The van der Waals surface area contributed by atoms with E-state index in [4.69, 9.17) is 0 Å². The van der Waals surface area contributed by atoms with Gasteiger partial charge in [-0.25, -0.2) is 0 Å². The topological polar surface area (TPSA) is 107 Å². The number of nitrogens with one attached hydrogen (secondary N) is 1. The number of hydrogen-bond donors (Lipinski definition) is 2. The molecule has 0 aliphatic rings. The van der Waals surface area contributed by atoms with E-state index in [-0.39, 0.29) is 11.7 Å². The van der Waals surface area contributed by atoms with Crippen LogP contribution < -0.4 is 5.32 Å². The van der Waals surface area contributed by atoms with Gasteiger partial charge in [-0.3, -0.25) is 34.5 Å². The lowest BCUT2D eigenvalue weighted by Gasteiger charge is -2.26. The quantitative estimate of drug-likeness (QED) is 0.182. The Morgan fingerprint density at radius 2 is 0.953 bits per heavy atom. The van der Waals surface area contributed by atoms with Crippen LogP contribution in [0.1, 0.15) is 40.8 Å². The second-order valence-corrected chi connectivity index (χ2v) is 10.4. The lowest BCUT2D eigenvalue weighted by Crippen LogP contribution is -2.25. The second-order valence-electron chi connectivity index (χ2n) is 10.4. The minimum atomic E-state index is -0.180. The SMILES string of the molecule is CC(=O)Nc1cc(CN(Cc2ccccn2)Cc2ccccn2)c(O)c(CN(Cc2ccccn2)Cc2ccccn2)c1. The zero-order chi connectivity index (χ0) is 29.9. The minimum Gasteiger partial charge on any atom is -0.507 e. The third-order valence-electron chi connectivity index (χ3n) is 6.82. The fraction of sp³-hybridized carbons (Fsp3) is 0.206. The number of nitrogens with zero attached hydrogens (tertiary/aromatic N) is 6. The maximum Gasteiger partial charge on any atom is 0.221 e. The molecular weight excluding hydrogens is 538 g/mol. The first-order valence-electron chi connectivity index (χ1n) is 14.2. The highest BCUT2D eigenvalue weighted by Crippen LogP contribution is 2.31. The predicted molar refractivity (Wildman–Crippen MR) is 165 cm³/mol. The lowest BCUT2D eigenvalue weighted by atomic mass is 10.0. The first-order valence-corrected chi connectivity index (χ1v) is 14.2. The maximum atomic E-state index is 12.1. The summed E-state index contributed by atoms with van der Waals surface area (Å²) in [5.74, 6) is 0.00781. The van der Waals surface area contributed by atoms with Crippen molar-refractivity contribution in [1.82, 2.24) is 29.7 Å². The minimum absolute atomic E-state index is 0.180. The molecule has 0 aliphatic heterocycles. The Hall–Kier alpha value is -4.99. The Kier molecular flexibility index (Phi) is 10.1. The fourth-order valence-electron chi connectivity index (χ4n) is 4.98. The molecule has 0 radical (unpaired) electrons. The summed E-state index contributed by atoms with van der Waals surface area (Å²) in [5.41, 5.74) is 5.66. The van der Waals surface area contributed by atoms with Crippen LogP contribution in [0.25, 0.3) is 0 Å². The zero-order valence-electron chi connectivity index (χ0n) is 24.2. The summed E-state index contributed by atoms with van der Waals surface area (Å²) in [6, 6.07) is 27.0. The van der Waals surface area contributed by atoms with Gasteiger partial charge < -0.3 is 10.4 Å². The molecule has 0 saturated heterocycles. The number of hydrogen-bond acceptors (Lipinski definition) is 8. The van der Waals surface area contributed by atoms with E-state index in [1.807, 2.05) is 84.9 Å². The highest BCUT2D eigenvalue weighted by molar-refractivity contribution is 5.89. The Bertz CT molecular complexity index is 1390. The second kappa shape index (κ2) is 14.8. The van der Waals surface area contributed by atoms with E-state index in [2.05, 4.69) is 35.1 Å². The van der Waals surface area contributed by atoms with Gasteiger partial charge in [-0.05, 0) is 60.7 Å². The van der Waals surface area contributed by atoms with E-state index in [0.717, 1.165) is 22.8 Å². The van der Waals surface area contributed by atoms with Crippen molar-refractivity contribution in [2.24, 2.45) is 0 Å². The summed E-state index contributed by atoms with van der Waals surface area (Å²) in [7, 11) is 0. The molecule has 1 aromatic carbocycles. The first-order chi connectivity index (χ1) is 21.0. The van der Waals surface area contributed by atoms with Crippen molar-refractivity contribution >= 4 is 11.6 Å². The first kappa shape index (κ1) is 29.5. The number of pyridine rings is 4. The van der Waals surface area contributed by atoms with Crippen LogP contribution in [-0.4, -0.2) is 40.7 Å². The number of anilines is 1. The number of carbonyl (C=O) groups excluding carboxylic acids is 1. The van der Waals surface area contributed by atoms with Crippen LogP contribution in [-0.2, 0) is 44.1 Å². The van der Waals surface area contributed by atoms with E-state index in [1.165, 1.54) is 6.92 Å². The Labute approximate surface area is 251 Å². The van der Waals surface area contributed by atoms with Crippen LogP contribution in [0.2, 0.25) is 0 Å². The van der Waals surface area contributed by atoms with Gasteiger partial charge in [-0.15, -0.1) is 0 Å². The number of phenolic OH excluding ortho intramolecular Hbond substituents is 1. The van der Waals surface area contributed by atoms with Crippen molar-refractivity contribution in [3.8, 4) is 5.75 Å². The molecule has 2 N–H and O–H groups in total. The van der Waals surface area contributed by atoms with Crippen LogP contribution in [0.4, 0.5) is 5.69 Å². The van der Waals surface area contributed by atoms with Gasteiger partial charge in [0.25, 0.3) is 0 Å². The zero-order valence-corrected chi connectivity index (χ0v) is 24.2. The fourth-order valence-corrected chi connectivity index (χ4v) is 4.98. The molecule has 4 heterocycles. The number of phenols is 1. The average molecular weight is 574 g/mol. The van der Waals surface area contributed by atoms with Crippen molar-refractivity contribution in [1.29, 1.82) is 0 Å². The lowest BCUT2D eigenvalue weighted by molar-refractivity contribution is -0.114. The highest BCUT2D eigenvalue weighted by Gasteiger charge is 2.19. The Balaban J connectivity index is 1.47. The number of amides is 1. The molecule has 0 atom stereocenters. The van der Waals surface area contributed by atoms with E-state index in [1.54, 1.807) is 24.8 Å². The van der Waals surface area contributed by atoms with E-state index in [0.29, 0.717) is 56.1 Å². The van der Waals surface area contributed by atoms with Gasteiger partial charge in [-0.1, -0.05) is 24.3 Å². The van der Waals surface area contributed by atoms with Gasteiger partial charge in [-0.2, -0.15) is 0 Å². The molecule has 0 saturated carbocycles. The number of aromatic hydroxyl groups is 1. The van der Waals surface area contributed by atoms with Crippen molar-refractivity contribution < 1.29 is 9.90 Å². The molecule has 43 heavy (non-hydrogen) atoms. The van der Waals surface area contributed by atoms with Gasteiger partial charge in [0.1, 0.15) is 5.75 Å². The normalized spacial score (nSPS) is 11.1. The highest BCUT2D eigenvalue weighted by atomic mass is 16.3. The van der Waals surface area contributed by atoms with Crippen molar-refractivity contribution in [2.75, 3.05) is 5.32 Å². The molecule has 9 nitrogen and oxygen atoms in total. The van der Waals surface area contributed by atoms with Crippen LogP contribution in [0.5, 0.6) is 5.75 Å². The van der Waals surface area contributed by atoms with Crippen LogP contribution in [0.3, 0.4) is 0 Å². The molecule has 218 valence electrons. The summed E-state index contributed by atoms with van der Waals surface area (Å²) in [6.07, 6.45) is 7.11. The molecule has 0 unspecified atom stereocenters. The number of benzene rings is 1. The molecular formula is C34H35N7O2. The summed E-state index contributed by atoms with van der Waals surface area (Å²) in [6.45, 7) is 4.54. The average Bonchev–Trinajstić information content (AvgIpc) is 3.01. The molecule has 0 fully saturated rings. The van der Waals surface area contributed by atoms with Gasteiger partial charge in [0, 0.05) is 87.8 Å². The Morgan fingerprint density at radius 1 is 0.605 bits per heavy atom. The molecule has 0 aliphatic carbocycles. The third-order valence-corrected chi connectivity index (χ3v) is 6.82. The molecule has 5 rings (SSSR count). The van der Waals surface area contributed by atoms with Gasteiger partial charge >= 0.3 is 0 Å². The van der Waals surface area contributed by atoms with E-state index < -0.39 is 0 Å². The summed E-state index contributed by atoms with van der Waals surface area (Å²) in [5, 5.41) is 14.6. The van der Waals surface area contributed by atoms with Crippen molar-refractivity contribution in [3.63, 3.8) is 0 Å². The molecule has 0 bridgehead atoms. The maximum absolute atomic E-state index is 12.1. The van der Waals surface area contributed by atoms with Gasteiger partial charge in [0.15, 0.2) is 0 Å². The van der Waals surface area contributed by atoms with Gasteiger partial charge in [0.05, 0.1) is 22.8 Å². The molecule has 5 aromatic rings. The molecule has 4 aromatic heterocycles. The smallest absolute Gasteiger partial charge is 0.221 e. The van der Waals surface area contributed by atoms with Gasteiger partial charge in [0.2, 0.25) is 5.91 Å². The van der Waals surface area contributed by atoms with Crippen LogP contribution >= 0.6 is 0 Å². The summed E-state index contributed by atoms with van der Waals surface area (Å²) in [4.78, 5) is 34.5. The van der Waals surface area contributed by atoms with E-state index in [9.17, 15) is 9.90 Å². The largest absolute Gasteiger partial charge is 0.507 e. The number of carbonyl (C=O) groups is 1. The van der Waals surface area contributed by atoms with Crippen molar-refractivity contribution in [2.45, 2.75) is 46.2 Å². The number of aromatic nitrogens is 4.